The standard InChI is InChI=1S/C21H21N3O3/c1-22-21(26)24-20(25)19(16-11-6-3-7-12-16)23-18(17-13-8-14-27-17)15-9-4-2-5-10-15/h2-14,18-19,23H,1H3,(H2,22,24,25,26)/p+1/t18-,19-/m0/s1. The summed E-state index contributed by atoms with van der Waals surface area (Å²) >= 11 is 0. The van der Waals surface area contributed by atoms with Crippen LogP contribution in [0.15, 0.2) is 83.5 Å². The minimum atomic E-state index is -0.626. The number of carbonyl (C=O) groups excluding carboxylic acids is 2. The molecule has 4 N–H and O–H groups in total. The van der Waals surface area contributed by atoms with Gasteiger partial charge in [0.2, 0.25) is 0 Å². The van der Waals surface area contributed by atoms with Crippen LogP contribution in [-0.2, 0) is 4.79 Å². The van der Waals surface area contributed by atoms with E-state index in [4.69, 9.17) is 4.42 Å². The van der Waals surface area contributed by atoms with E-state index in [-0.39, 0.29) is 6.04 Å². The zero-order valence-corrected chi connectivity index (χ0v) is 15.0. The Morgan fingerprint density at radius 1 is 0.889 bits per heavy atom. The molecule has 0 spiro atoms. The fraction of sp³-hybridized carbons (Fsp3) is 0.143. The Morgan fingerprint density at radius 2 is 1.52 bits per heavy atom. The molecule has 3 amide bonds. The Hall–Kier alpha value is -3.38. The molecule has 0 radical (unpaired) electrons. The van der Waals surface area contributed by atoms with Crippen LogP contribution in [0.25, 0.3) is 0 Å². The molecule has 6 heteroatoms. The molecule has 3 rings (SSSR count). The average Bonchev–Trinajstić information content (AvgIpc) is 3.24. The van der Waals surface area contributed by atoms with E-state index >= 15 is 0 Å². The molecule has 0 aliphatic heterocycles. The topological polar surface area (TPSA) is 88.0 Å². The summed E-state index contributed by atoms with van der Waals surface area (Å²) in [6, 6.07) is 21.5. The van der Waals surface area contributed by atoms with Crippen molar-refractivity contribution in [3.63, 3.8) is 0 Å². The van der Waals surface area contributed by atoms with Gasteiger partial charge in [-0.1, -0.05) is 60.7 Å². The minimum Gasteiger partial charge on any atom is -0.463 e. The van der Waals surface area contributed by atoms with Gasteiger partial charge in [0, 0.05) is 18.2 Å². The van der Waals surface area contributed by atoms with Crippen LogP contribution in [0.4, 0.5) is 4.79 Å². The van der Waals surface area contributed by atoms with Gasteiger partial charge in [-0.25, -0.2) is 4.79 Å². The summed E-state index contributed by atoms with van der Waals surface area (Å²) in [6.07, 6.45) is 1.61. The van der Waals surface area contributed by atoms with Crippen LogP contribution in [-0.4, -0.2) is 19.0 Å². The number of furan rings is 1. The van der Waals surface area contributed by atoms with Crippen molar-refractivity contribution in [2.75, 3.05) is 7.05 Å². The quantitative estimate of drug-likeness (QED) is 0.626. The van der Waals surface area contributed by atoms with Crippen molar-refractivity contribution in [2.45, 2.75) is 12.1 Å². The fourth-order valence-corrected chi connectivity index (χ4v) is 2.95. The van der Waals surface area contributed by atoms with Gasteiger partial charge in [-0.3, -0.25) is 10.1 Å². The number of nitrogens with one attached hydrogen (secondary N) is 2. The van der Waals surface area contributed by atoms with Crippen molar-refractivity contribution >= 4 is 11.9 Å². The van der Waals surface area contributed by atoms with Crippen LogP contribution >= 0.6 is 0 Å². The molecule has 0 saturated heterocycles. The van der Waals surface area contributed by atoms with Crippen LogP contribution in [0, 0.1) is 0 Å². The van der Waals surface area contributed by atoms with Crippen LogP contribution in [0.5, 0.6) is 0 Å². The second-order valence-corrected chi connectivity index (χ2v) is 6.05. The molecule has 6 nitrogen and oxygen atoms in total. The van der Waals surface area contributed by atoms with Crippen molar-refractivity contribution < 1.29 is 19.3 Å². The summed E-state index contributed by atoms with van der Waals surface area (Å²) < 4.78 is 5.63. The first kappa shape index (κ1) is 18.4. The number of nitrogens with two attached hydrogens (primary N) is 1. The van der Waals surface area contributed by atoms with Gasteiger partial charge in [-0.15, -0.1) is 0 Å². The number of imide groups is 1. The molecular formula is C21H22N3O3+. The monoisotopic (exact) mass is 364 g/mol. The van der Waals surface area contributed by atoms with Gasteiger partial charge in [0.05, 0.1) is 6.26 Å². The van der Waals surface area contributed by atoms with Crippen molar-refractivity contribution in [3.8, 4) is 0 Å². The van der Waals surface area contributed by atoms with Crippen LogP contribution in [0.3, 0.4) is 0 Å². The van der Waals surface area contributed by atoms with Crippen LogP contribution < -0.4 is 16.0 Å². The van der Waals surface area contributed by atoms with E-state index in [2.05, 4.69) is 10.6 Å². The molecule has 2 atom stereocenters. The highest BCUT2D eigenvalue weighted by molar-refractivity contribution is 5.96. The summed E-state index contributed by atoms with van der Waals surface area (Å²) in [5, 5.41) is 6.70. The number of benzene rings is 2. The third-order valence-corrected chi connectivity index (χ3v) is 4.30. The fourth-order valence-electron chi connectivity index (χ4n) is 2.95. The molecule has 138 valence electrons. The molecule has 1 aromatic heterocycles. The van der Waals surface area contributed by atoms with E-state index in [1.54, 1.807) is 6.26 Å². The predicted octanol–water partition coefficient (Wildman–Crippen LogP) is 2.13. The lowest BCUT2D eigenvalue weighted by Crippen LogP contribution is -2.88. The first-order valence-electron chi connectivity index (χ1n) is 8.70. The first-order valence-corrected chi connectivity index (χ1v) is 8.70. The molecule has 0 aliphatic rings. The number of rotatable bonds is 6. The highest BCUT2D eigenvalue weighted by atomic mass is 16.3. The van der Waals surface area contributed by atoms with Gasteiger partial charge in [0.1, 0.15) is 0 Å². The minimum absolute atomic E-state index is 0.234. The Balaban J connectivity index is 1.95. The lowest BCUT2D eigenvalue weighted by atomic mass is 10.00. The molecule has 0 fully saturated rings. The Kier molecular flexibility index (Phi) is 6.02. The number of amides is 3. The molecule has 0 unspecified atom stereocenters. The van der Waals surface area contributed by atoms with E-state index < -0.39 is 18.0 Å². The maximum Gasteiger partial charge on any atom is 0.321 e. The van der Waals surface area contributed by atoms with Gasteiger partial charge in [0.15, 0.2) is 17.8 Å². The maximum absolute atomic E-state index is 12.8. The number of carbonyl (C=O) groups is 2. The van der Waals surface area contributed by atoms with Gasteiger partial charge < -0.3 is 15.1 Å². The van der Waals surface area contributed by atoms with Crippen LogP contribution in [0.1, 0.15) is 29.0 Å². The lowest BCUT2D eigenvalue weighted by Gasteiger charge is -2.21. The second kappa shape index (κ2) is 8.82. The molecule has 0 aliphatic carbocycles. The number of hydrogen-bond acceptors (Lipinski definition) is 3. The van der Waals surface area contributed by atoms with E-state index in [0.717, 1.165) is 16.9 Å². The summed E-state index contributed by atoms with van der Waals surface area (Å²) in [5.41, 5.74) is 1.80. The second-order valence-electron chi connectivity index (χ2n) is 6.05. The summed E-state index contributed by atoms with van der Waals surface area (Å²) in [7, 11) is 1.47. The Bertz CT molecular complexity index is 864. The summed E-state index contributed by atoms with van der Waals surface area (Å²) in [5.74, 6) is 0.336. The van der Waals surface area contributed by atoms with Gasteiger partial charge in [0.25, 0.3) is 5.91 Å². The average molecular weight is 364 g/mol. The van der Waals surface area contributed by atoms with Gasteiger partial charge in [-0.05, 0) is 12.1 Å². The van der Waals surface area contributed by atoms with E-state index in [1.807, 2.05) is 78.1 Å². The predicted molar refractivity (Wildman–Crippen MR) is 101 cm³/mol. The molecule has 3 aromatic rings. The number of urea groups is 1. The highest BCUT2D eigenvalue weighted by Gasteiger charge is 2.31. The molecule has 0 saturated carbocycles. The molecule has 27 heavy (non-hydrogen) atoms. The summed E-state index contributed by atoms with van der Waals surface area (Å²) in [6.45, 7) is 0. The number of hydrogen-bond donors (Lipinski definition) is 3. The third kappa shape index (κ3) is 4.62. The van der Waals surface area contributed by atoms with Gasteiger partial charge >= 0.3 is 6.03 Å². The smallest absolute Gasteiger partial charge is 0.321 e. The Morgan fingerprint density at radius 3 is 2.07 bits per heavy atom. The van der Waals surface area contributed by atoms with Crippen molar-refractivity contribution in [3.05, 3.63) is 95.9 Å². The van der Waals surface area contributed by atoms with Crippen molar-refractivity contribution in [1.29, 1.82) is 0 Å². The third-order valence-electron chi connectivity index (χ3n) is 4.30. The lowest BCUT2D eigenvalue weighted by molar-refractivity contribution is -0.715. The van der Waals surface area contributed by atoms with Crippen molar-refractivity contribution in [2.24, 2.45) is 0 Å². The number of quaternary nitrogens is 1. The zero-order chi connectivity index (χ0) is 19.1. The van der Waals surface area contributed by atoms with Crippen LogP contribution in [0.2, 0.25) is 0 Å². The van der Waals surface area contributed by atoms with E-state index in [9.17, 15) is 9.59 Å². The maximum atomic E-state index is 12.8. The van der Waals surface area contributed by atoms with Gasteiger partial charge in [-0.2, -0.15) is 0 Å². The van der Waals surface area contributed by atoms with E-state index in [0.29, 0.717) is 0 Å². The summed E-state index contributed by atoms with van der Waals surface area (Å²) in [4.78, 5) is 24.5. The molecule has 1 heterocycles. The normalized spacial score (nSPS) is 12.8. The molecule has 2 aromatic carbocycles. The van der Waals surface area contributed by atoms with Crippen molar-refractivity contribution in [1.82, 2.24) is 10.6 Å². The largest absolute Gasteiger partial charge is 0.463 e. The first-order chi connectivity index (χ1) is 13.2. The SMILES string of the molecule is CNC(=O)NC(=O)[C@@H]([NH2+][C@@H](c1ccccc1)c1ccco1)c1ccccc1. The zero-order valence-electron chi connectivity index (χ0n) is 15.0. The molecular weight excluding hydrogens is 342 g/mol. The highest BCUT2D eigenvalue weighted by Crippen LogP contribution is 2.21. The molecule has 0 bridgehead atoms. The Labute approximate surface area is 157 Å². The van der Waals surface area contributed by atoms with E-state index in [1.165, 1.54) is 7.05 Å².